The molecule has 1 aromatic heterocycles. The van der Waals surface area contributed by atoms with Crippen molar-refractivity contribution in [2.24, 2.45) is 5.73 Å². The van der Waals surface area contributed by atoms with Crippen LogP contribution in [0.4, 0.5) is 14.5 Å². The van der Waals surface area contributed by atoms with E-state index in [-0.39, 0.29) is 29.1 Å². The number of halogens is 2. The Morgan fingerprint density at radius 2 is 2.00 bits per heavy atom. The molecule has 1 aromatic carbocycles. The Bertz CT molecular complexity index is 600. The second-order valence-electron chi connectivity index (χ2n) is 3.66. The molecular formula is C11H10F2N4O2S. The van der Waals surface area contributed by atoms with Gasteiger partial charge in [0.05, 0.1) is 12.3 Å². The third kappa shape index (κ3) is 4.00. The van der Waals surface area contributed by atoms with Crippen LogP contribution in [-0.4, -0.2) is 21.9 Å². The molecule has 0 saturated carbocycles. The van der Waals surface area contributed by atoms with Gasteiger partial charge >= 0.3 is 0 Å². The first-order valence-corrected chi connectivity index (χ1v) is 6.46. The van der Waals surface area contributed by atoms with Crippen molar-refractivity contribution in [1.82, 2.24) is 10.2 Å². The van der Waals surface area contributed by atoms with Gasteiger partial charge in [0.15, 0.2) is 0 Å². The maximum atomic E-state index is 12.9. The van der Waals surface area contributed by atoms with Crippen LogP contribution >= 0.6 is 11.8 Å². The van der Waals surface area contributed by atoms with Crippen molar-refractivity contribution < 1.29 is 18.0 Å². The number of carbonyl (C=O) groups is 1. The number of amides is 1. The first-order chi connectivity index (χ1) is 9.56. The van der Waals surface area contributed by atoms with Crippen LogP contribution in [0, 0.1) is 11.6 Å². The van der Waals surface area contributed by atoms with Crippen LogP contribution in [0.3, 0.4) is 0 Å². The van der Waals surface area contributed by atoms with E-state index in [1.807, 2.05) is 0 Å². The van der Waals surface area contributed by atoms with E-state index in [1.54, 1.807) is 0 Å². The lowest BCUT2D eigenvalue weighted by Crippen LogP contribution is -2.14. The van der Waals surface area contributed by atoms with Gasteiger partial charge < -0.3 is 15.5 Å². The number of nitrogens with one attached hydrogen (secondary N) is 1. The van der Waals surface area contributed by atoms with Crippen molar-refractivity contribution in [3.63, 3.8) is 0 Å². The van der Waals surface area contributed by atoms with Crippen molar-refractivity contribution in [3.05, 3.63) is 35.7 Å². The summed E-state index contributed by atoms with van der Waals surface area (Å²) in [4.78, 5) is 11.6. The van der Waals surface area contributed by atoms with E-state index in [1.165, 1.54) is 0 Å². The van der Waals surface area contributed by atoms with Gasteiger partial charge in [-0.25, -0.2) is 8.78 Å². The number of benzene rings is 1. The molecule has 0 atom stereocenters. The van der Waals surface area contributed by atoms with Crippen LogP contribution in [0.5, 0.6) is 0 Å². The summed E-state index contributed by atoms with van der Waals surface area (Å²) in [6.45, 7) is 0.113. The van der Waals surface area contributed by atoms with Crippen LogP contribution in [0.1, 0.15) is 5.89 Å². The Labute approximate surface area is 116 Å². The van der Waals surface area contributed by atoms with Crippen molar-refractivity contribution in [2.45, 2.75) is 11.8 Å². The van der Waals surface area contributed by atoms with Crippen LogP contribution in [-0.2, 0) is 11.3 Å². The summed E-state index contributed by atoms with van der Waals surface area (Å²) in [7, 11) is 0. The molecule has 2 aromatic rings. The minimum Gasteiger partial charge on any atom is -0.415 e. The standard InChI is InChI=1S/C11H10F2N4O2S/c12-6-1-7(13)3-8(2-6)15-9(18)5-20-11-17-16-10(4-14)19-11/h1-3H,4-5,14H2,(H,15,18). The zero-order chi connectivity index (χ0) is 14.5. The van der Waals surface area contributed by atoms with Gasteiger partial charge in [0.1, 0.15) is 11.6 Å². The van der Waals surface area contributed by atoms with Gasteiger partial charge in [-0.3, -0.25) is 4.79 Å². The van der Waals surface area contributed by atoms with E-state index in [0.717, 1.165) is 30.0 Å². The summed E-state index contributed by atoms with van der Waals surface area (Å²) in [5.41, 5.74) is 5.34. The predicted octanol–water partition coefficient (Wildman–Crippen LogP) is 1.54. The number of thioether (sulfide) groups is 1. The van der Waals surface area contributed by atoms with Crippen molar-refractivity contribution >= 4 is 23.4 Å². The average Bonchev–Trinajstić information content (AvgIpc) is 2.83. The highest BCUT2D eigenvalue weighted by molar-refractivity contribution is 7.99. The number of rotatable bonds is 5. The SMILES string of the molecule is NCc1nnc(SCC(=O)Nc2cc(F)cc(F)c2)o1. The average molecular weight is 300 g/mol. The maximum Gasteiger partial charge on any atom is 0.277 e. The zero-order valence-electron chi connectivity index (χ0n) is 10.1. The molecule has 106 valence electrons. The topological polar surface area (TPSA) is 94.0 Å². The number of carbonyl (C=O) groups excluding carboxylic acids is 1. The fourth-order valence-electron chi connectivity index (χ4n) is 1.33. The van der Waals surface area contributed by atoms with E-state index >= 15 is 0 Å². The van der Waals surface area contributed by atoms with Gasteiger partial charge in [0.25, 0.3) is 5.22 Å². The lowest BCUT2D eigenvalue weighted by molar-refractivity contribution is -0.113. The molecule has 0 fully saturated rings. The van der Waals surface area contributed by atoms with Gasteiger partial charge in [-0.2, -0.15) is 0 Å². The third-order valence-corrected chi connectivity index (χ3v) is 2.91. The van der Waals surface area contributed by atoms with Crippen LogP contribution in [0.25, 0.3) is 0 Å². The van der Waals surface area contributed by atoms with Crippen LogP contribution in [0.15, 0.2) is 27.8 Å². The Balaban J connectivity index is 1.89. The summed E-state index contributed by atoms with van der Waals surface area (Å²) >= 11 is 0.997. The highest BCUT2D eigenvalue weighted by Crippen LogP contribution is 2.17. The second-order valence-corrected chi connectivity index (χ2v) is 4.59. The van der Waals surface area contributed by atoms with E-state index in [2.05, 4.69) is 15.5 Å². The first-order valence-electron chi connectivity index (χ1n) is 5.48. The normalized spacial score (nSPS) is 10.6. The molecule has 2 rings (SSSR count). The molecule has 6 nitrogen and oxygen atoms in total. The maximum absolute atomic E-state index is 12.9. The van der Waals surface area contributed by atoms with E-state index in [9.17, 15) is 13.6 Å². The van der Waals surface area contributed by atoms with Crippen molar-refractivity contribution in [1.29, 1.82) is 0 Å². The number of hydrogen-bond donors (Lipinski definition) is 2. The summed E-state index contributed by atoms with van der Waals surface area (Å²) in [5.74, 6) is -1.76. The largest absolute Gasteiger partial charge is 0.415 e. The van der Waals surface area contributed by atoms with Crippen LogP contribution < -0.4 is 11.1 Å². The van der Waals surface area contributed by atoms with Gasteiger partial charge in [0, 0.05) is 11.8 Å². The predicted molar refractivity (Wildman–Crippen MR) is 67.9 cm³/mol. The van der Waals surface area contributed by atoms with Gasteiger partial charge in [0.2, 0.25) is 11.8 Å². The van der Waals surface area contributed by atoms with E-state index in [4.69, 9.17) is 10.2 Å². The fourth-order valence-corrected chi connectivity index (χ4v) is 1.91. The third-order valence-electron chi connectivity index (χ3n) is 2.10. The van der Waals surface area contributed by atoms with Gasteiger partial charge in [-0.1, -0.05) is 11.8 Å². The Morgan fingerprint density at radius 3 is 2.60 bits per heavy atom. The molecule has 0 spiro atoms. The molecule has 0 saturated heterocycles. The highest BCUT2D eigenvalue weighted by atomic mass is 32.2. The van der Waals surface area contributed by atoms with Gasteiger partial charge in [-0.05, 0) is 12.1 Å². The molecule has 1 amide bonds. The molecular weight excluding hydrogens is 290 g/mol. The lowest BCUT2D eigenvalue weighted by atomic mass is 10.3. The Hall–Kier alpha value is -2.00. The lowest BCUT2D eigenvalue weighted by Gasteiger charge is -2.04. The Kier molecular flexibility index (Phi) is 4.64. The van der Waals surface area contributed by atoms with E-state index < -0.39 is 17.5 Å². The smallest absolute Gasteiger partial charge is 0.277 e. The zero-order valence-corrected chi connectivity index (χ0v) is 10.9. The van der Waals surface area contributed by atoms with E-state index in [0.29, 0.717) is 0 Å². The second kappa shape index (κ2) is 6.44. The quantitative estimate of drug-likeness (QED) is 0.813. The molecule has 9 heteroatoms. The van der Waals surface area contributed by atoms with Crippen LogP contribution in [0.2, 0.25) is 0 Å². The molecule has 0 bridgehead atoms. The molecule has 3 N–H and O–H groups in total. The number of anilines is 1. The molecule has 0 unspecified atom stereocenters. The molecule has 0 aliphatic rings. The van der Waals surface area contributed by atoms with Gasteiger partial charge in [-0.15, -0.1) is 10.2 Å². The Morgan fingerprint density at radius 1 is 1.30 bits per heavy atom. The number of nitrogens with two attached hydrogens (primary N) is 1. The minimum atomic E-state index is -0.766. The first kappa shape index (κ1) is 14.4. The summed E-state index contributed by atoms with van der Waals surface area (Å²) in [6.07, 6.45) is 0. The number of nitrogens with zero attached hydrogens (tertiary/aromatic N) is 2. The molecule has 20 heavy (non-hydrogen) atoms. The molecule has 0 aliphatic heterocycles. The van der Waals surface area contributed by atoms with Crippen molar-refractivity contribution in [3.8, 4) is 0 Å². The molecule has 0 radical (unpaired) electrons. The number of hydrogen-bond acceptors (Lipinski definition) is 6. The summed E-state index contributed by atoms with van der Waals surface area (Å²) in [5, 5.41) is 9.85. The van der Waals surface area contributed by atoms with Crippen molar-refractivity contribution in [2.75, 3.05) is 11.1 Å². The summed E-state index contributed by atoms with van der Waals surface area (Å²) < 4.78 is 30.9. The summed E-state index contributed by atoms with van der Waals surface area (Å²) in [6, 6.07) is 2.76. The molecule has 0 aliphatic carbocycles. The minimum absolute atomic E-state index is 0.0374. The highest BCUT2D eigenvalue weighted by Gasteiger charge is 2.10. The monoisotopic (exact) mass is 300 g/mol. The fraction of sp³-hybridized carbons (Fsp3) is 0.182. The number of aromatic nitrogens is 2. The molecule has 1 heterocycles.